The van der Waals surface area contributed by atoms with Gasteiger partial charge >= 0.3 is 0 Å². The monoisotopic (exact) mass is 146 g/mol. The maximum Gasteiger partial charge on any atom is 0.0664 e. The Morgan fingerprint density at radius 2 is 2.20 bits per heavy atom. The number of aliphatic hydroxyl groups excluding tert-OH is 1. The van der Waals surface area contributed by atoms with Crippen molar-refractivity contribution >= 4 is 0 Å². The number of likely N-dealkylation sites (N-methyl/N-ethyl adjacent to an activating group) is 1. The normalized spacial score (nSPS) is 14.1. The minimum atomic E-state index is -0.198. The van der Waals surface area contributed by atoms with Crippen LogP contribution in [-0.4, -0.2) is 42.8 Å². The maximum atomic E-state index is 9.17. The average molecular weight is 146 g/mol. The third-order valence-electron chi connectivity index (χ3n) is 1.50. The van der Waals surface area contributed by atoms with E-state index < -0.39 is 0 Å². The summed E-state index contributed by atoms with van der Waals surface area (Å²) in [5, 5.41) is 9.17. The number of hydrogen-bond acceptors (Lipinski definition) is 3. The Balaban J connectivity index is 3.27. The Morgan fingerprint density at radius 3 is 2.60 bits per heavy atom. The van der Waals surface area contributed by atoms with E-state index >= 15 is 0 Å². The van der Waals surface area contributed by atoms with Crippen LogP contribution in [0, 0.1) is 0 Å². The van der Waals surface area contributed by atoms with E-state index in [0.29, 0.717) is 6.54 Å². The Morgan fingerprint density at radius 1 is 1.60 bits per heavy atom. The first-order valence-electron chi connectivity index (χ1n) is 3.77. The number of nitrogens with two attached hydrogens (primary N) is 1. The van der Waals surface area contributed by atoms with E-state index in [1.165, 1.54) is 0 Å². The standard InChI is InChI=1S/C7H18N2O/c1-3-7(10)6-9(2)5-4-8/h7,10H,3-6,8H2,1-2H3. The molecular formula is C7H18N2O. The summed E-state index contributed by atoms with van der Waals surface area (Å²) >= 11 is 0. The molecular weight excluding hydrogens is 128 g/mol. The van der Waals surface area contributed by atoms with Crippen molar-refractivity contribution in [3.8, 4) is 0 Å². The molecule has 0 aromatic rings. The molecule has 0 saturated carbocycles. The predicted octanol–water partition coefficient (Wildman–Crippen LogP) is -0.352. The van der Waals surface area contributed by atoms with Gasteiger partial charge in [0.1, 0.15) is 0 Å². The van der Waals surface area contributed by atoms with Gasteiger partial charge in [-0.2, -0.15) is 0 Å². The summed E-state index contributed by atoms with van der Waals surface area (Å²) in [4.78, 5) is 2.04. The van der Waals surface area contributed by atoms with Gasteiger partial charge in [-0.15, -0.1) is 0 Å². The van der Waals surface area contributed by atoms with E-state index in [2.05, 4.69) is 0 Å². The molecule has 0 aromatic carbocycles. The third kappa shape index (κ3) is 4.73. The van der Waals surface area contributed by atoms with Crippen LogP contribution in [0.1, 0.15) is 13.3 Å². The van der Waals surface area contributed by atoms with Crippen LogP contribution in [-0.2, 0) is 0 Å². The Bertz CT molecular complexity index is 78.0. The predicted molar refractivity (Wildman–Crippen MR) is 42.8 cm³/mol. The zero-order chi connectivity index (χ0) is 7.98. The van der Waals surface area contributed by atoms with E-state index in [1.54, 1.807) is 0 Å². The van der Waals surface area contributed by atoms with Crippen molar-refractivity contribution in [3.63, 3.8) is 0 Å². The SMILES string of the molecule is CCC(O)CN(C)CCN. The molecule has 0 fully saturated rings. The molecule has 0 aliphatic heterocycles. The van der Waals surface area contributed by atoms with Crippen LogP contribution in [0.25, 0.3) is 0 Å². The molecule has 3 N–H and O–H groups in total. The molecule has 0 radical (unpaired) electrons. The van der Waals surface area contributed by atoms with Crippen molar-refractivity contribution in [3.05, 3.63) is 0 Å². The van der Waals surface area contributed by atoms with Crippen LogP contribution in [0.4, 0.5) is 0 Å². The summed E-state index contributed by atoms with van der Waals surface area (Å²) in [6.45, 7) is 4.22. The molecule has 10 heavy (non-hydrogen) atoms. The quantitative estimate of drug-likeness (QED) is 0.557. The first-order valence-corrected chi connectivity index (χ1v) is 3.77. The van der Waals surface area contributed by atoms with Gasteiger partial charge in [0.05, 0.1) is 6.10 Å². The van der Waals surface area contributed by atoms with Gasteiger partial charge in [-0.25, -0.2) is 0 Å². The fourth-order valence-electron chi connectivity index (χ4n) is 0.801. The van der Waals surface area contributed by atoms with Crippen LogP contribution in [0.15, 0.2) is 0 Å². The van der Waals surface area contributed by atoms with Crippen LogP contribution in [0.3, 0.4) is 0 Å². The zero-order valence-electron chi connectivity index (χ0n) is 6.88. The summed E-state index contributed by atoms with van der Waals surface area (Å²) in [6.07, 6.45) is 0.617. The molecule has 0 aliphatic rings. The first kappa shape index (κ1) is 9.88. The largest absolute Gasteiger partial charge is 0.392 e. The van der Waals surface area contributed by atoms with Gasteiger partial charge in [-0.1, -0.05) is 6.92 Å². The molecule has 1 unspecified atom stereocenters. The van der Waals surface area contributed by atoms with Crippen molar-refractivity contribution in [2.75, 3.05) is 26.7 Å². The van der Waals surface area contributed by atoms with E-state index in [-0.39, 0.29) is 6.10 Å². The topological polar surface area (TPSA) is 49.5 Å². The highest BCUT2D eigenvalue weighted by Crippen LogP contribution is 1.91. The lowest BCUT2D eigenvalue weighted by Crippen LogP contribution is -2.32. The molecule has 0 saturated heterocycles. The molecule has 0 spiro atoms. The lowest BCUT2D eigenvalue weighted by atomic mass is 10.2. The highest BCUT2D eigenvalue weighted by atomic mass is 16.3. The van der Waals surface area contributed by atoms with Gasteiger partial charge in [0.2, 0.25) is 0 Å². The Labute approximate surface area is 62.8 Å². The van der Waals surface area contributed by atoms with E-state index in [9.17, 15) is 5.11 Å². The van der Waals surface area contributed by atoms with E-state index in [4.69, 9.17) is 5.73 Å². The second-order valence-electron chi connectivity index (χ2n) is 2.61. The van der Waals surface area contributed by atoms with Crippen LogP contribution in [0.5, 0.6) is 0 Å². The lowest BCUT2D eigenvalue weighted by Gasteiger charge is -2.18. The summed E-state index contributed by atoms with van der Waals surface area (Å²) in [6, 6.07) is 0. The Hall–Kier alpha value is -0.120. The van der Waals surface area contributed by atoms with Crippen LogP contribution >= 0.6 is 0 Å². The highest BCUT2D eigenvalue weighted by Gasteiger charge is 2.03. The molecule has 1 atom stereocenters. The first-order chi connectivity index (χ1) is 4.70. The number of rotatable bonds is 5. The minimum Gasteiger partial charge on any atom is -0.392 e. The molecule has 0 aliphatic carbocycles. The average Bonchev–Trinajstić information content (AvgIpc) is 1.88. The van der Waals surface area contributed by atoms with Gasteiger partial charge in [-0.05, 0) is 13.5 Å². The fraction of sp³-hybridized carbons (Fsp3) is 1.00. The molecule has 0 heterocycles. The van der Waals surface area contributed by atoms with Crippen molar-refractivity contribution in [1.82, 2.24) is 4.90 Å². The number of aliphatic hydroxyl groups is 1. The smallest absolute Gasteiger partial charge is 0.0664 e. The van der Waals surface area contributed by atoms with Crippen LogP contribution in [0.2, 0.25) is 0 Å². The number of nitrogens with zero attached hydrogens (tertiary/aromatic N) is 1. The van der Waals surface area contributed by atoms with Crippen molar-refractivity contribution in [2.24, 2.45) is 5.73 Å². The van der Waals surface area contributed by atoms with Gasteiger partial charge in [0.25, 0.3) is 0 Å². The van der Waals surface area contributed by atoms with Gasteiger partial charge in [0, 0.05) is 19.6 Å². The summed E-state index contributed by atoms with van der Waals surface area (Å²) in [5.41, 5.74) is 5.32. The second kappa shape index (κ2) is 5.65. The van der Waals surface area contributed by atoms with Gasteiger partial charge < -0.3 is 15.7 Å². The molecule has 62 valence electrons. The molecule has 0 aromatic heterocycles. The molecule has 0 rings (SSSR count). The van der Waals surface area contributed by atoms with E-state index in [0.717, 1.165) is 19.5 Å². The fourth-order valence-corrected chi connectivity index (χ4v) is 0.801. The maximum absolute atomic E-state index is 9.17. The summed E-state index contributed by atoms with van der Waals surface area (Å²) in [7, 11) is 1.96. The number of hydrogen-bond donors (Lipinski definition) is 2. The van der Waals surface area contributed by atoms with E-state index in [1.807, 2.05) is 18.9 Å². The summed E-state index contributed by atoms with van der Waals surface area (Å²) < 4.78 is 0. The molecule has 0 amide bonds. The molecule has 3 nitrogen and oxygen atoms in total. The Kier molecular flexibility index (Phi) is 5.58. The third-order valence-corrected chi connectivity index (χ3v) is 1.50. The van der Waals surface area contributed by atoms with Crippen molar-refractivity contribution in [2.45, 2.75) is 19.4 Å². The van der Waals surface area contributed by atoms with Crippen molar-refractivity contribution < 1.29 is 5.11 Å². The zero-order valence-corrected chi connectivity index (χ0v) is 6.88. The van der Waals surface area contributed by atoms with Crippen LogP contribution < -0.4 is 5.73 Å². The highest BCUT2D eigenvalue weighted by molar-refractivity contribution is 4.58. The van der Waals surface area contributed by atoms with Gasteiger partial charge in [0.15, 0.2) is 0 Å². The second-order valence-corrected chi connectivity index (χ2v) is 2.61. The van der Waals surface area contributed by atoms with Crippen molar-refractivity contribution in [1.29, 1.82) is 0 Å². The molecule has 0 bridgehead atoms. The molecule has 3 heteroatoms. The lowest BCUT2D eigenvalue weighted by molar-refractivity contribution is 0.124. The van der Waals surface area contributed by atoms with Gasteiger partial charge in [-0.3, -0.25) is 0 Å². The summed E-state index contributed by atoms with van der Waals surface area (Å²) in [5.74, 6) is 0. The minimum absolute atomic E-state index is 0.198.